The minimum Gasteiger partial charge on any atom is -0.310 e. The van der Waals surface area contributed by atoms with Crippen LogP contribution in [0.15, 0.2) is 558 Å². The molecule has 0 saturated carbocycles. The molecule has 2 heterocycles. The third-order valence-electron chi connectivity index (χ3n) is 30.1. The number of rotatable bonds is 16. The van der Waals surface area contributed by atoms with Crippen LogP contribution in [0.25, 0.3) is 165 Å². The van der Waals surface area contributed by atoms with Gasteiger partial charge < -0.3 is 18.9 Å². The first-order valence-corrected chi connectivity index (χ1v) is 49.1. The molecule has 0 radical (unpaired) electrons. The molecular formula is C138H92N4. The van der Waals surface area contributed by atoms with Crippen LogP contribution in [0.1, 0.15) is 44.5 Å². The van der Waals surface area contributed by atoms with Crippen molar-refractivity contribution in [2.75, 3.05) is 9.80 Å². The Morgan fingerprint density at radius 2 is 0.423 bits per heavy atom. The molecule has 4 heteroatoms. The van der Waals surface area contributed by atoms with Crippen LogP contribution in [0.5, 0.6) is 0 Å². The van der Waals surface area contributed by atoms with Crippen molar-refractivity contribution in [3.05, 3.63) is 603 Å². The highest BCUT2D eigenvalue weighted by Gasteiger charge is 2.48. The van der Waals surface area contributed by atoms with Gasteiger partial charge in [-0.05, 0) is 294 Å². The van der Waals surface area contributed by atoms with Gasteiger partial charge in [0.25, 0.3) is 0 Å². The summed E-state index contributed by atoms with van der Waals surface area (Å²) in [4.78, 5) is 4.86. The quantitative estimate of drug-likeness (QED) is 0.0959. The first-order valence-electron chi connectivity index (χ1n) is 49.1. The number of para-hydroxylation sites is 2. The first kappa shape index (κ1) is 82.9. The van der Waals surface area contributed by atoms with Crippen molar-refractivity contribution in [2.45, 2.75) is 10.8 Å². The monoisotopic (exact) mass is 1800 g/mol. The molecule has 0 fully saturated rings. The molecule has 142 heavy (non-hydrogen) atoms. The Morgan fingerprint density at radius 1 is 0.141 bits per heavy atom. The van der Waals surface area contributed by atoms with Gasteiger partial charge in [0, 0.05) is 67.0 Å². The molecule has 2 aliphatic carbocycles. The van der Waals surface area contributed by atoms with E-state index in [2.05, 4.69) is 577 Å². The lowest BCUT2D eigenvalue weighted by Gasteiger charge is -2.35. The van der Waals surface area contributed by atoms with E-state index in [1.54, 1.807) is 0 Å². The summed E-state index contributed by atoms with van der Waals surface area (Å²) in [6.07, 6.45) is 0. The maximum absolute atomic E-state index is 2.46. The molecule has 0 saturated heterocycles. The van der Waals surface area contributed by atoms with Crippen molar-refractivity contribution in [1.29, 1.82) is 0 Å². The lowest BCUT2D eigenvalue weighted by Crippen LogP contribution is -2.28. The normalized spacial score (nSPS) is 12.6. The number of aromatic nitrogens is 2. The van der Waals surface area contributed by atoms with Crippen LogP contribution in [0.4, 0.5) is 34.1 Å². The summed E-state index contributed by atoms with van der Waals surface area (Å²) in [5, 5.41) is 14.9. The molecule has 0 amide bonds. The van der Waals surface area contributed by atoms with Crippen LogP contribution in [-0.4, -0.2) is 9.13 Å². The summed E-state index contributed by atoms with van der Waals surface area (Å²) in [6.45, 7) is 0. The van der Waals surface area contributed by atoms with Gasteiger partial charge in [-0.2, -0.15) is 0 Å². The van der Waals surface area contributed by atoms with E-state index in [1.165, 1.54) is 198 Å². The highest BCUT2D eigenvalue weighted by Crippen LogP contribution is 2.60. The highest BCUT2D eigenvalue weighted by molar-refractivity contribution is 6.13. The Labute approximate surface area is 825 Å². The number of anilines is 6. The third kappa shape index (κ3) is 13.7. The van der Waals surface area contributed by atoms with Gasteiger partial charge in [-0.25, -0.2) is 0 Å². The van der Waals surface area contributed by atoms with Crippen molar-refractivity contribution in [2.24, 2.45) is 0 Å². The second-order valence-electron chi connectivity index (χ2n) is 37.7. The molecule has 2 aromatic heterocycles. The largest absolute Gasteiger partial charge is 0.310 e. The van der Waals surface area contributed by atoms with Crippen LogP contribution in [0.2, 0.25) is 0 Å². The van der Waals surface area contributed by atoms with Gasteiger partial charge in [-0.3, -0.25) is 0 Å². The van der Waals surface area contributed by atoms with Gasteiger partial charge in [0.15, 0.2) is 0 Å². The Balaban J connectivity index is 0.000000142. The van der Waals surface area contributed by atoms with Crippen molar-refractivity contribution >= 4 is 121 Å². The number of hydrogen-bond acceptors (Lipinski definition) is 2. The second kappa shape index (κ2) is 34.3. The van der Waals surface area contributed by atoms with Crippen LogP contribution in [0.3, 0.4) is 0 Å². The van der Waals surface area contributed by atoms with Crippen molar-refractivity contribution in [1.82, 2.24) is 9.13 Å². The molecule has 0 spiro atoms. The maximum Gasteiger partial charge on any atom is 0.0714 e. The number of fused-ring (bicyclic) bond motifs is 16. The molecule has 28 rings (SSSR count). The summed E-state index contributed by atoms with van der Waals surface area (Å²) < 4.78 is 4.82. The van der Waals surface area contributed by atoms with Gasteiger partial charge in [0.1, 0.15) is 0 Å². The van der Waals surface area contributed by atoms with Gasteiger partial charge in [0.05, 0.1) is 32.9 Å². The Kier molecular flexibility index (Phi) is 20.1. The van der Waals surface area contributed by atoms with Crippen LogP contribution >= 0.6 is 0 Å². The SMILES string of the molecule is c1ccc(C2(c3ccccc3)c3ccccc3-c3ccc(N(c4ccc(-c5ccc6c(c5)c5ccccc5n6-c5ccc6ccccc6c5)cc4)c4ccc(-c5cccc6ccccc56)cc4)cc32)cc1.c1ccc(C2(c3ccccc3)c3ccccc3-c3ccc(N(c4ccc(-c5ccc6ccccc6c5)cc4)c4ccc(-c5ccc6c(c5)c5ccccc5n6-c5ccc6ccccc6c5)cc4)cc32)cc1. The zero-order valence-corrected chi connectivity index (χ0v) is 77.9. The predicted octanol–water partition coefficient (Wildman–Crippen LogP) is 36.5. The molecule has 0 bridgehead atoms. The summed E-state index contributed by atoms with van der Waals surface area (Å²) in [7, 11) is 0. The third-order valence-corrected chi connectivity index (χ3v) is 30.1. The summed E-state index contributed by atoms with van der Waals surface area (Å²) in [6, 6.07) is 206. The first-order chi connectivity index (χ1) is 70.4. The summed E-state index contributed by atoms with van der Waals surface area (Å²) in [5.74, 6) is 0. The number of benzene rings is 24. The summed E-state index contributed by atoms with van der Waals surface area (Å²) in [5.41, 5.74) is 37.4. The molecule has 0 N–H and O–H groups in total. The topological polar surface area (TPSA) is 16.3 Å². The fourth-order valence-corrected chi connectivity index (χ4v) is 23.6. The average Bonchev–Trinajstić information content (AvgIpc) is 1.54. The lowest BCUT2D eigenvalue weighted by molar-refractivity contribution is 0.768. The molecule has 0 atom stereocenters. The van der Waals surface area contributed by atoms with Crippen LogP contribution in [0, 0.1) is 0 Å². The van der Waals surface area contributed by atoms with Crippen molar-refractivity contribution < 1.29 is 0 Å². The predicted molar refractivity (Wildman–Crippen MR) is 597 cm³/mol. The summed E-state index contributed by atoms with van der Waals surface area (Å²) >= 11 is 0. The zero-order valence-electron chi connectivity index (χ0n) is 77.9. The molecule has 0 unspecified atom stereocenters. The number of hydrogen-bond donors (Lipinski definition) is 0. The van der Waals surface area contributed by atoms with Crippen LogP contribution in [-0.2, 0) is 10.8 Å². The Morgan fingerprint density at radius 3 is 0.838 bits per heavy atom. The van der Waals surface area contributed by atoms with Gasteiger partial charge in [-0.15, -0.1) is 0 Å². The van der Waals surface area contributed by atoms with E-state index < -0.39 is 10.8 Å². The standard InChI is InChI=1S/2C69H46N2/c1-3-19-55(20-4-1)69(56-21-5-2-6-22-56)65-25-13-11-23-61(65)62-41-40-60(46-66(62)69)70(57-35-29-49(30-36-57)53-28-27-47-15-7-9-17-51(47)43-53)58-37-31-50(32-38-58)54-34-42-68-64(45-54)63-24-12-14-26-67(63)71(68)59-39-33-48-16-8-10-18-52(48)44-59;1-3-20-53(21-4-1)69(54-22-5-2-6-23-54)65-28-13-11-25-61(65)62-42-41-58(46-66(62)69)70(56-38-33-50(34-39-56)60-27-15-19-49-17-9-10-24-59(49)60)55-36-30-48(31-37-55)52-35-43-68-64(45-52)63-26-12-14-29-67(63)71(68)57-40-32-47-16-7-8-18-51(47)44-57/h2*1-46H. The van der Waals surface area contributed by atoms with Crippen molar-refractivity contribution in [3.63, 3.8) is 0 Å². The second-order valence-corrected chi connectivity index (χ2v) is 37.7. The smallest absolute Gasteiger partial charge is 0.0714 e. The van der Waals surface area contributed by atoms with Crippen LogP contribution < -0.4 is 9.80 Å². The van der Waals surface area contributed by atoms with E-state index >= 15 is 0 Å². The molecule has 24 aromatic carbocycles. The van der Waals surface area contributed by atoms with E-state index in [1.807, 2.05) is 0 Å². The van der Waals surface area contributed by atoms with E-state index in [9.17, 15) is 0 Å². The number of nitrogens with zero attached hydrogens (tertiary/aromatic N) is 4. The maximum atomic E-state index is 2.46. The minimum absolute atomic E-state index is 0.518. The Hall–Kier alpha value is -18.5. The van der Waals surface area contributed by atoms with Gasteiger partial charge in [0.2, 0.25) is 0 Å². The van der Waals surface area contributed by atoms with Crippen molar-refractivity contribution in [3.8, 4) is 78.1 Å². The van der Waals surface area contributed by atoms with Gasteiger partial charge >= 0.3 is 0 Å². The minimum atomic E-state index is -0.520. The zero-order chi connectivity index (χ0) is 93.8. The fraction of sp³-hybridized carbons (Fsp3) is 0.0145. The fourth-order valence-electron chi connectivity index (χ4n) is 23.6. The molecule has 0 aliphatic heterocycles. The molecule has 4 nitrogen and oxygen atoms in total. The van der Waals surface area contributed by atoms with E-state index in [0.29, 0.717) is 0 Å². The molecular weight excluding hydrogens is 1710 g/mol. The van der Waals surface area contributed by atoms with E-state index in [4.69, 9.17) is 0 Å². The van der Waals surface area contributed by atoms with E-state index in [-0.39, 0.29) is 0 Å². The molecule has 26 aromatic rings. The van der Waals surface area contributed by atoms with Gasteiger partial charge in [-0.1, -0.05) is 419 Å². The molecule has 2 aliphatic rings. The highest BCUT2D eigenvalue weighted by atomic mass is 15.1. The average molecular weight is 1810 g/mol. The Bertz CT molecular complexity index is 9300. The molecule has 664 valence electrons. The van der Waals surface area contributed by atoms with E-state index in [0.717, 1.165) is 45.5 Å². The lowest BCUT2D eigenvalue weighted by atomic mass is 9.67.